The summed E-state index contributed by atoms with van der Waals surface area (Å²) in [5.41, 5.74) is 7.40. The van der Waals surface area contributed by atoms with Crippen LogP contribution in [0.1, 0.15) is 26.5 Å². The fourth-order valence-corrected chi connectivity index (χ4v) is 3.41. The van der Waals surface area contributed by atoms with Crippen molar-refractivity contribution in [1.82, 2.24) is 15.0 Å². The predicted octanol–water partition coefficient (Wildman–Crippen LogP) is 7.45. The van der Waals surface area contributed by atoms with Gasteiger partial charge in [0.25, 0.3) is 0 Å². The third-order valence-corrected chi connectivity index (χ3v) is 5.27. The summed E-state index contributed by atoms with van der Waals surface area (Å²) >= 11 is 0. The molecule has 0 fully saturated rings. The Morgan fingerprint density at radius 1 is 0.600 bits per heavy atom. The van der Waals surface area contributed by atoms with E-state index in [9.17, 15) is 0 Å². The number of nitrogens with zero attached hydrogens (tertiary/aromatic N) is 3. The van der Waals surface area contributed by atoms with Gasteiger partial charge in [0.2, 0.25) is 0 Å². The summed E-state index contributed by atoms with van der Waals surface area (Å²) in [5.74, 6) is 0. The molecule has 1 radical (unpaired) electrons. The molecule has 177 valence electrons. The zero-order valence-corrected chi connectivity index (χ0v) is 22.5. The van der Waals surface area contributed by atoms with E-state index in [2.05, 4.69) is 66.1 Å². The molecule has 0 amide bonds. The number of rotatable bonds is 3. The first-order valence-electron chi connectivity index (χ1n) is 11.3. The van der Waals surface area contributed by atoms with Gasteiger partial charge in [-0.25, -0.2) is 4.98 Å². The Kier molecular flexibility index (Phi) is 9.19. The molecule has 0 aliphatic heterocycles. The maximum Gasteiger partial charge on any atom is 0.105 e. The zero-order chi connectivity index (χ0) is 23.8. The number of hydrogen-bond acceptors (Lipinski definition) is 3. The number of aromatic nitrogens is 3. The molecule has 35 heavy (non-hydrogen) atoms. The van der Waals surface area contributed by atoms with Crippen molar-refractivity contribution < 1.29 is 20.1 Å². The van der Waals surface area contributed by atoms with Crippen molar-refractivity contribution in [2.75, 3.05) is 0 Å². The van der Waals surface area contributed by atoms with Crippen LogP contribution in [0.15, 0.2) is 110 Å². The molecule has 0 atom stereocenters. The number of hydrogen-bond donors (Lipinski definition) is 0. The van der Waals surface area contributed by atoms with Gasteiger partial charge < -0.3 is 4.98 Å². The maximum atomic E-state index is 4.40. The molecule has 0 aliphatic carbocycles. The molecule has 4 heteroatoms. The van der Waals surface area contributed by atoms with Gasteiger partial charge in [-0.1, -0.05) is 63.2 Å². The van der Waals surface area contributed by atoms with Crippen LogP contribution in [0.2, 0.25) is 0 Å². The SMILES string of the molecule is CC(C)(C)c1cc(-c2[c-]cccc2)ncn1.[Ir].[c-]1ccccc1-c1cc(-c2ccccc2)ccn1. The van der Waals surface area contributed by atoms with Crippen LogP contribution < -0.4 is 0 Å². The van der Waals surface area contributed by atoms with Gasteiger partial charge in [-0.15, -0.1) is 71.8 Å². The van der Waals surface area contributed by atoms with E-state index >= 15 is 0 Å². The first-order chi connectivity index (χ1) is 16.5. The summed E-state index contributed by atoms with van der Waals surface area (Å²) in [4.78, 5) is 13.0. The molecule has 5 rings (SSSR count). The molecule has 0 unspecified atom stereocenters. The maximum absolute atomic E-state index is 4.40. The zero-order valence-electron chi connectivity index (χ0n) is 20.1. The third kappa shape index (κ3) is 7.26. The number of benzene rings is 3. The minimum absolute atomic E-state index is 0. The molecule has 3 aromatic carbocycles. The fourth-order valence-electron chi connectivity index (χ4n) is 3.41. The van der Waals surface area contributed by atoms with E-state index in [1.165, 1.54) is 11.1 Å². The van der Waals surface area contributed by atoms with E-state index in [1.807, 2.05) is 85.1 Å². The Hall–Kier alpha value is -3.46. The van der Waals surface area contributed by atoms with Crippen molar-refractivity contribution in [3.8, 4) is 33.6 Å². The van der Waals surface area contributed by atoms with Crippen molar-refractivity contribution in [3.05, 3.63) is 127 Å². The summed E-state index contributed by atoms with van der Waals surface area (Å²) in [6.07, 6.45) is 3.47. The fraction of sp³-hybridized carbons (Fsp3) is 0.129. The van der Waals surface area contributed by atoms with Gasteiger partial charge >= 0.3 is 0 Å². The Balaban J connectivity index is 0.000000192. The monoisotopic (exact) mass is 634 g/mol. The van der Waals surface area contributed by atoms with E-state index in [1.54, 1.807) is 6.33 Å². The molecule has 2 aromatic heterocycles. The van der Waals surface area contributed by atoms with Crippen molar-refractivity contribution >= 4 is 0 Å². The van der Waals surface area contributed by atoms with E-state index in [4.69, 9.17) is 0 Å². The molecular weight excluding hydrogens is 607 g/mol. The topological polar surface area (TPSA) is 38.7 Å². The van der Waals surface area contributed by atoms with Gasteiger partial charge in [0.1, 0.15) is 6.33 Å². The van der Waals surface area contributed by atoms with Crippen molar-refractivity contribution in [3.63, 3.8) is 0 Å². The second-order valence-electron chi connectivity index (χ2n) is 8.89. The van der Waals surface area contributed by atoms with E-state index in [-0.39, 0.29) is 25.5 Å². The quantitative estimate of drug-likeness (QED) is 0.194. The van der Waals surface area contributed by atoms with E-state index in [0.29, 0.717) is 0 Å². The standard InChI is InChI=1S/C17H12N.C14H15N2.Ir/c1-3-7-14(8-4-1)16-11-12-18-17(13-16)15-9-5-2-6-10-15;1-14(2,3)13-9-12(15-10-16-13)11-7-5-4-6-8-11;/h1-9,11-13H;4-7,9-10H,1-3H3;/q2*-1;. The minimum atomic E-state index is 0. The molecule has 5 aromatic rings. The summed E-state index contributed by atoms with van der Waals surface area (Å²) in [5, 5.41) is 0. The Labute approximate surface area is 221 Å². The second-order valence-corrected chi connectivity index (χ2v) is 8.89. The smallest absolute Gasteiger partial charge is 0.105 e. The number of pyridine rings is 1. The van der Waals surface area contributed by atoms with Crippen LogP contribution in [0.5, 0.6) is 0 Å². The average Bonchev–Trinajstić information content (AvgIpc) is 2.90. The molecule has 0 saturated heterocycles. The van der Waals surface area contributed by atoms with Crippen molar-refractivity contribution in [1.29, 1.82) is 0 Å². The molecular formula is C31H27IrN3-2. The van der Waals surface area contributed by atoms with Gasteiger partial charge in [0.05, 0.1) is 0 Å². The van der Waals surface area contributed by atoms with E-state index in [0.717, 1.165) is 28.2 Å². The summed E-state index contributed by atoms with van der Waals surface area (Å²) in [6, 6.07) is 38.6. The summed E-state index contributed by atoms with van der Waals surface area (Å²) < 4.78 is 0. The van der Waals surface area contributed by atoms with Gasteiger partial charge in [-0.2, -0.15) is 0 Å². The normalized spacial score (nSPS) is 10.5. The molecule has 2 heterocycles. The minimum Gasteiger partial charge on any atom is -0.305 e. The summed E-state index contributed by atoms with van der Waals surface area (Å²) in [7, 11) is 0. The largest absolute Gasteiger partial charge is 0.305 e. The van der Waals surface area contributed by atoms with Crippen LogP contribution in [0.4, 0.5) is 0 Å². The van der Waals surface area contributed by atoms with Crippen LogP contribution in [0.3, 0.4) is 0 Å². The van der Waals surface area contributed by atoms with Crippen molar-refractivity contribution in [2.45, 2.75) is 26.2 Å². The van der Waals surface area contributed by atoms with Gasteiger partial charge in [-0.3, -0.25) is 4.98 Å². The van der Waals surface area contributed by atoms with Gasteiger partial charge in [0.15, 0.2) is 0 Å². The Morgan fingerprint density at radius 3 is 1.77 bits per heavy atom. The molecule has 0 bridgehead atoms. The Bertz CT molecular complexity index is 1260. The average molecular weight is 634 g/mol. The van der Waals surface area contributed by atoms with Crippen LogP contribution in [0, 0.1) is 12.1 Å². The van der Waals surface area contributed by atoms with Crippen LogP contribution in [0.25, 0.3) is 33.6 Å². The van der Waals surface area contributed by atoms with Crippen LogP contribution >= 0.6 is 0 Å². The molecule has 0 aliphatic rings. The molecule has 0 saturated carbocycles. The first kappa shape index (κ1) is 26.1. The second kappa shape index (κ2) is 12.3. The molecule has 0 spiro atoms. The molecule has 0 N–H and O–H groups in total. The van der Waals surface area contributed by atoms with Crippen molar-refractivity contribution in [2.24, 2.45) is 0 Å². The first-order valence-corrected chi connectivity index (χ1v) is 11.3. The molecule has 3 nitrogen and oxygen atoms in total. The van der Waals surface area contributed by atoms with Crippen LogP contribution in [-0.4, -0.2) is 15.0 Å². The Morgan fingerprint density at radius 2 is 1.20 bits per heavy atom. The summed E-state index contributed by atoms with van der Waals surface area (Å²) in [6.45, 7) is 6.44. The van der Waals surface area contributed by atoms with Gasteiger partial charge in [-0.05, 0) is 28.6 Å². The predicted molar refractivity (Wildman–Crippen MR) is 139 cm³/mol. The van der Waals surface area contributed by atoms with Crippen LogP contribution in [-0.2, 0) is 25.5 Å². The van der Waals surface area contributed by atoms with Gasteiger partial charge in [0, 0.05) is 37.4 Å². The van der Waals surface area contributed by atoms with E-state index < -0.39 is 0 Å². The third-order valence-electron chi connectivity index (χ3n) is 5.27.